The van der Waals surface area contributed by atoms with Crippen molar-refractivity contribution in [1.82, 2.24) is 0 Å². The van der Waals surface area contributed by atoms with Crippen molar-refractivity contribution in [3.63, 3.8) is 0 Å². The lowest BCUT2D eigenvalue weighted by Gasteiger charge is -2.15. The second-order valence-electron chi connectivity index (χ2n) is 2.35. The first-order chi connectivity index (χ1) is 4.72. The highest BCUT2D eigenvalue weighted by Crippen LogP contribution is 2.15. The van der Waals surface area contributed by atoms with Gasteiger partial charge >= 0.3 is 0 Å². The van der Waals surface area contributed by atoms with Crippen LogP contribution in [0.15, 0.2) is 11.5 Å². The number of carbonyl (C=O) groups is 1. The second-order valence-corrected chi connectivity index (χ2v) is 2.35. The summed E-state index contributed by atoms with van der Waals surface area (Å²) in [4.78, 5) is 10.8. The molecule has 0 aromatic rings. The Bertz CT molecular complexity index is 184. The zero-order valence-electron chi connectivity index (χ0n) is 6.02. The van der Waals surface area contributed by atoms with Gasteiger partial charge in [-0.25, -0.2) is 0 Å². The van der Waals surface area contributed by atoms with Gasteiger partial charge in [-0.3, -0.25) is 4.79 Å². The summed E-state index contributed by atoms with van der Waals surface area (Å²) in [6.45, 7) is 2.15. The fraction of sp³-hybridized carbons (Fsp3) is 0.571. The van der Waals surface area contributed by atoms with Crippen molar-refractivity contribution in [2.45, 2.75) is 19.8 Å². The third-order valence-corrected chi connectivity index (χ3v) is 1.55. The number of ketones is 1. The van der Waals surface area contributed by atoms with E-state index in [1.54, 1.807) is 0 Å². The average Bonchev–Trinajstić information content (AvgIpc) is 1.88. The Labute approximate surface area is 59.8 Å². The quantitative estimate of drug-likeness (QED) is 0.580. The standard InChI is InChI=1S/C7H11NO2/c1-5(9)6-3-2-4-10-7(6)8/h2-4,8H2,1H3. The maximum atomic E-state index is 10.8. The lowest BCUT2D eigenvalue weighted by molar-refractivity contribution is -0.114. The molecule has 10 heavy (non-hydrogen) atoms. The maximum Gasteiger partial charge on any atom is 0.190 e. The van der Waals surface area contributed by atoms with Gasteiger partial charge in [0.15, 0.2) is 11.7 Å². The molecular weight excluding hydrogens is 130 g/mol. The zero-order chi connectivity index (χ0) is 7.56. The Kier molecular flexibility index (Phi) is 1.94. The molecule has 0 unspecified atom stereocenters. The molecule has 3 nitrogen and oxygen atoms in total. The molecule has 0 bridgehead atoms. The van der Waals surface area contributed by atoms with Crippen molar-refractivity contribution in [1.29, 1.82) is 0 Å². The van der Waals surface area contributed by atoms with Crippen molar-refractivity contribution in [2.24, 2.45) is 5.73 Å². The molecule has 1 heterocycles. The van der Waals surface area contributed by atoms with Crippen molar-refractivity contribution >= 4 is 5.78 Å². The lowest BCUT2D eigenvalue weighted by atomic mass is 10.1. The molecule has 0 spiro atoms. The predicted molar refractivity (Wildman–Crippen MR) is 37.1 cm³/mol. The van der Waals surface area contributed by atoms with Gasteiger partial charge in [0.1, 0.15) is 0 Å². The van der Waals surface area contributed by atoms with E-state index in [4.69, 9.17) is 10.5 Å². The predicted octanol–water partition coefficient (Wildman–Crippen LogP) is 0.556. The van der Waals surface area contributed by atoms with Gasteiger partial charge < -0.3 is 10.5 Å². The SMILES string of the molecule is CC(=O)C1=C(N)OCCC1. The fourth-order valence-electron chi connectivity index (χ4n) is 0.991. The molecule has 3 heteroatoms. The molecule has 0 fully saturated rings. The highest BCUT2D eigenvalue weighted by molar-refractivity contribution is 5.93. The van der Waals surface area contributed by atoms with Crippen LogP contribution >= 0.6 is 0 Å². The Hall–Kier alpha value is -0.990. The monoisotopic (exact) mass is 141 g/mol. The van der Waals surface area contributed by atoms with Crippen LogP contribution in [0.2, 0.25) is 0 Å². The third kappa shape index (κ3) is 1.29. The van der Waals surface area contributed by atoms with Crippen LogP contribution in [0.1, 0.15) is 19.8 Å². The van der Waals surface area contributed by atoms with Crippen LogP contribution in [-0.2, 0) is 9.53 Å². The summed E-state index contributed by atoms with van der Waals surface area (Å²) in [5, 5.41) is 0. The molecule has 0 saturated heterocycles. The number of ether oxygens (including phenoxy) is 1. The Morgan fingerprint density at radius 2 is 2.40 bits per heavy atom. The minimum Gasteiger partial charge on any atom is -0.479 e. The van der Waals surface area contributed by atoms with E-state index in [1.807, 2.05) is 0 Å². The molecule has 0 radical (unpaired) electrons. The molecule has 1 aliphatic heterocycles. The molecule has 0 aromatic carbocycles. The summed E-state index contributed by atoms with van der Waals surface area (Å²) in [5.74, 6) is 0.343. The summed E-state index contributed by atoms with van der Waals surface area (Å²) in [7, 11) is 0. The van der Waals surface area contributed by atoms with E-state index >= 15 is 0 Å². The third-order valence-electron chi connectivity index (χ3n) is 1.55. The number of nitrogens with two attached hydrogens (primary N) is 1. The van der Waals surface area contributed by atoms with E-state index < -0.39 is 0 Å². The van der Waals surface area contributed by atoms with Crippen LogP contribution in [0.3, 0.4) is 0 Å². The highest BCUT2D eigenvalue weighted by Gasteiger charge is 2.14. The van der Waals surface area contributed by atoms with Gasteiger partial charge in [0.25, 0.3) is 0 Å². The highest BCUT2D eigenvalue weighted by atomic mass is 16.5. The van der Waals surface area contributed by atoms with E-state index in [0.29, 0.717) is 18.1 Å². The molecule has 56 valence electrons. The van der Waals surface area contributed by atoms with E-state index in [1.165, 1.54) is 6.92 Å². The van der Waals surface area contributed by atoms with Crippen LogP contribution < -0.4 is 5.73 Å². The van der Waals surface area contributed by atoms with Crippen LogP contribution in [0.25, 0.3) is 0 Å². The maximum absolute atomic E-state index is 10.8. The average molecular weight is 141 g/mol. The van der Waals surface area contributed by atoms with Crippen LogP contribution in [0.4, 0.5) is 0 Å². The lowest BCUT2D eigenvalue weighted by Crippen LogP contribution is -2.17. The number of hydrogen-bond donors (Lipinski definition) is 1. The molecule has 0 aromatic heterocycles. The van der Waals surface area contributed by atoms with Gasteiger partial charge in [-0.2, -0.15) is 0 Å². The summed E-state index contributed by atoms with van der Waals surface area (Å²) in [6.07, 6.45) is 1.66. The number of rotatable bonds is 1. The molecule has 0 atom stereocenters. The summed E-state index contributed by atoms with van der Waals surface area (Å²) in [5.41, 5.74) is 6.06. The van der Waals surface area contributed by atoms with Gasteiger partial charge in [0, 0.05) is 0 Å². The molecule has 0 saturated carbocycles. The summed E-state index contributed by atoms with van der Waals surface area (Å²) >= 11 is 0. The van der Waals surface area contributed by atoms with E-state index in [2.05, 4.69) is 0 Å². The largest absolute Gasteiger partial charge is 0.479 e. The first-order valence-corrected chi connectivity index (χ1v) is 3.34. The zero-order valence-corrected chi connectivity index (χ0v) is 6.02. The van der Waals surface area contributed by atoms with Gasteiger partial charge in [-0.1, -0.05) is 0 Å². The second kappa shape index (κ2) is 2.73. The molecule has 2 N–H and O–H groups in total. The van der Waals surface area contributed by atoms with Gasteiger partial charge in [-0.15, -0.1) is 0 Å². The Morgan fingerprint density at radius 1 is 1.70 bits per heavy atom. The Morgan fingerprint density at radius 3 is 2.80 bits per heavy atom. The topological polar surface area (TPSA) is 52.3 Å². The molecule has 0 aliphatic carbocycles. The molecule has 0 amide bonds. The first kappa shape index (κ1) is 7.12. The van der Waals surface area contributed by atoms with Crippen LogP contribution in [0, 0.1) is 0 Å². The van der Waals surface area contributed by atoms with E-state index in [0.717, 1.165) is 12.8 Å². The van der Waals surface area contributed by atoms with Crippen LogP contribution in [0.5, 0.6) is 0 Å². The summed E-state index contributed by atoms with van der Waals surface area (Å²) < 4.78 is 4.99. The molecular formula is C7H11NO2. The van der Waals surface area contributed by atoms with Gasteiger partial charge in [0.2, 0.25) is 0 Å². The Balaban J connectivity index is 2.78. The van der Waals surface area contributed by atoms with Crippen LogP contribution in [-0.4, -0.2) is 12.4 Å². The normalized spacial score (nSPS) is 18.5. The molecule has 1 rings (SSSR count). The number of carbonyl (C=O) groups excluding carboxylic acids is 1. The van der Waals surface area contributed by atoms with Crippen molar-refractivity contribution < 1.29 is 9.53 Å². The fourth-order valence-corrected chi connectivity index (χ4v) is 0.991. The minimum atomic E-state index is 0.0252. The smallest absolute Gasteiger partial charge is 0.190 e. The van der Waals surface area contributed by atoms with E-state index in [9.17, 15) is 4.79 Å². The number of Topliss-reactive ketones (excluding diaryl/α,β-unsaturated/α-hetero) is 1. The van der Waals surface area contributed by atoms with Gasteiger partial charge in [-0.05, 0) is 19.8 Å². The molecule has 1 aliphatic rings. The van der Waals surface area contributed by atoms with Crippen molar-refractivity contribution in [3.8, 4) is 0 Å². The first-order valence-electron chi connectivity index (χ1n) is 3.34. The number of hydrogen-bond acceptors (Lipinski definition) is 3. The number of allylic oxidation sites excluding steroid dienone is 1. The van der Waals surface area contributed by atoms with Crippen molar-refractivity contribution in [2.75, 3.05) is 6.61 Å². The summed E-state index contributed by atoms with van der Waals surface area (Å²) in [6, 6.07) is 0. The minimum absolute atomic E-state index is 0.0252. The van der Waals surface area contributed by atoms with Crippen molar-refractivity contribution in [3.05, 3.63) is 11.5 Å². The van der Waals surface area contributed by atoms with E-state index in [-0.39, 0.29) is 5.78 Å². The van der Waals surface area contributed by atoms with Gasteiger partial charge in [0.05, 0.1) is 12.2 Å².